The van der Waals surface area contributed by atoms with E-state index in [1.54, 1.807) is 0 Å². The maximum absolute atomic E-state index is 12.2. The van der Waals surface area contributed by atoms with Gasteiger partial charge in [-0.15, -0.1) is 0 Å². The monoisotopic (exact) mass is 200 g/mol. The Bertz CT molecular complexity index is 160. The van der Waals surface area contributed by atoms with Crippen molar-refractivity contribution < 1.29 is 23.4 Å². The molecule has 80 valence electrons. The first-order chi connectivity index (χ1) is 5.60. The van der Waals surface area contributed by atoms with E-state index in [1.165, 1.54) is 20.8 Å². The van der Waals surface area contributed by atoms with E-state index in [-0.39, 0.29) is 0 Å². The minimum Gasteiger partial charge on any atom is -0.396 e. The van der Waals surface area contributed by atoms with Crippen LogP contribution in [0.15, 0.2) is 0 Å². The Morgan fingerprint density at radius 2 is 1.54 bits per heavy atom. The Hall–Kier alpha value is -0.290. The molecule has 0 aliphatic rings. The van der Waals surface area contributed by atoms with Gasteiger partial charge in [0.15, 0.2) is 0 Å². The van der Waals surface area contributed by atoms with Crippen molar-refractivity contribution in [2.45, 2.75) is 33.1 Å². The van der Waals surface area contributed by atoms with E-state index >= 15 is 0 Å². The Labute approximate surface area is 75.4 Å². The van der Waals surface area contributed by atoms with Crippen molar-refractivity contribution in [2.24, 2.45) is 11.3 Å². The lowest BCUT2D eigenvalue weighted by Gasteiger charge is -2.33. The molecule has 0 saturated heterocycles. The van der Waals surface area contributed by atoms with Gasteiger partial charge in [0, 0.05) is 0 Å². The second-order valence-electron chi connectivity index (χ2n) is 4.14. The second-order valence-corrected chi connectivity index (χ2v) is 4.14. The second kappa shape index (κ2) is 3.84. The molecule has 2 atom stereocenters. The molecule has 0 amide bonds. The molecular weight excluding hydrogens is 185 g/mol. The van der Waals surface area contributed by atoms with Gasteiger partial charge in [-0.3, -0.25) is 0 Å². The van der Waals surface area contributed by atoms with Crippen molar-refractivity contribution in [1.29, 1.82) is 0 Å². The molecule has 0 unspecified atom stereocenters. The molecule has 0 aliphatic carbocycles. The van der Waals surface area contributed by atoms with Crippen molar-refractivity contribution in [3.05, 3.63) is 0 Å². The molecule has 0 bridgehead atoms. The molecule has 0 aromatic carbocycles. The molecule has 0 aliphatic heterocycles. The topological polar surface area (TPSA) is 40.5 Å². The maximum Gasteiger partial charge on any atom is 0.396 e. The first-order valence-corrected chi connectivity index (χ1v) is 3.96. The SMILES string of the molecule is CC(C)(C)[C@@H](O)[C@H](CO)C(F)(F)F. The van der Waals surface area contributed by atoms with E-state index in [9.17, 15) is 18.3 Å². The highest BCUT2D eigenvalue weighted by atomic mass is 19.4. The highest BCUT2D eigenvalue weighted by Crippen LogP contribution is 2.35. The predicted molar refractivity (Wildman–Crippen MR) is 42.1 cm³/mol. The summed E-state index contributed by atoms with van der Waals surface area (Å²) in [4.78, 5) is 0. The van der Waals surface area contributed by atoms with Gasteiger partial charge >= 0.3 is 6.18 Å². The fraction of sp³-hybridized carbons (Fsp3) is 1.00. The molecule has 0 heterocycles. The van der Waals surface area contributed by atoms with Gasteiger partial charge in [0.05, 0.1) is 12.7 Å². The highest BCUT2D eigenvalue weighted by Gasteiger charge is 2.47. The first-order valence-electron chi connectivity index (χ1n) is 3.96. The van der Waals surface area contributed by atoms with Gasteiger partial charge < -0.3 is 10.2 Å². The number of aliphatic hydroxyl groups is 2. The van der Waals surface area contributed by atoms with Gasteiger partial charge in [-0.25, -0.2) is 0 Å². The average molecular weight is 200 g/mol. The number of hydrogen-bond acceptors (Lipinski definition) is 2. The lowest BCUT2D eigenvalue weighted by molar-refractivity contribution is -0.222. The summed E-state index contributed by atoms with van der Waals surface area (Å²) in [5, 5.41) is 17.8. The molecule has 0 radical (unpaired) electrons. The van der Waals surface area contributed by atoms with Crippen LogP contribution in [-0.4, -0.2) is 29.1 Å². The Morgan fingerprint density at radius 1 is 1.15 bits per heavy atom. The summed E-state index contributed by atoms with van der Waals surface area (Å²) < 4.78 is 36.5. The fourth-order valence-corrected chi connectivity index (χ4v) is 0.986. The van der Waals surface area contributed by atoms with Gasteiger partial charge in [0.25, 0.3) is 0 Å². The summed E-state index contributed by atoms with van der Waals surface area (Å²) in [5.41, 5.74) is -0.886. The molecule has 13 heavy (non-hydrogen) atoms. The van der Waals surface area contributed by atoms with E-state index in [2.05, 4.69) is 0 Å². The first kappa shape index (κ1) is 12.7. The van der Waals surface area contributed by atoms with Crippen LogP contribution in [0.3, 0.4) is 0 Å². The molecule has 0 aromatic heterocycles. The Kier molecular flexibility index (Phi) is 3.75. The molecule has 0 aromatic rings. The standard InChI is InChI=1S/C8H15F3O2/c1-7(2,3)6(13)5(4-12)8(9,10)11/h5-6,12-13H,4H2,1-3H3/t5-,6-/m0/s1. The number of halogens is 3. The van der Waals surface area contributed by atoms with Gasteiger partial charge in [-0.2, -0.15) is 13.2 Å². The van der Waals surface area contributed by atoms with E-state index in [4.69, 9.17) is 5.11 Å². The van der Waals surface area contributed by atoms with Crippen molar-refractivity contribution in [2.75, 3.05) is 6.61 Å². The Balaban J connectivity index is 4.61. The van der Waals surface area contributed by atoms with Crippen LogP contribution < -0.4 is 0 Å². The third-order valence-electron chi connectivity index (χ3n) is 1.89. The molecule has 0 saturated carbocycles. The molecule has 2 N–H and O–H groups in total. The minimum atomic E-state index is -4.55. The van der Waals surface area contributed by atoms with Gasteiger partial charge in [-0.05, 0) is 5.41 Å². The van der Waals surface area contributed by atoms with E-state index in [0.717, 1.165) is 0 Å². The van der Waals surface area contributed by atoms with Gasteiger partial charge in [0.1, 0.15) is 5.92 Å². The largest absolute Gasteiger partial charge is 0.396 e. The zero-order chi connectivity index (χ0) is 10.9. The smallest absolute Gasteiger partial charge is 0.396 e. The summed E-state index contributed by atoms with van der Waals surface area (Å²) in [7, 11) is 0. The van der Waals surface area contributed by atoms with Gasteiger partial charge in [0.2, 0.25) is 0 Å². The fourth-order valence-electron chi connectivity index (χ4n) is 0.986. The van der Waals surface area contributed by atoms with Crippen molar-refractivity contribution in [3.8, 4) is 0 Å². The highest BCUT2D eigenvalue weighted by molar-refractivity contribution is 4.83. The summed E-state index contributed by atoms with van der Waals surface area (Å²) >= 11 is 0. The van der Waals surface area contributed by atoms with Crippen LogP contribution in [0.2, 0.25) is 0 Å². The average Bonchev–Trinajstić information content (AvgIpc) is 1.83. The third-order valence-corrected chi connectivity index (χ3v) is 1.89. The van der Waals surface area contributed by atoms with E-state index in [0.29, 0.717) is 0 Å². The van der Waals surface area contributed by atoms with Crippen molar-refractivity contribution in [3.63, 3.8) is 0 Å². The van der Waals surface area contributed by atoms with Crippen LogP contribution in [-0.2, 0) is 0 Å². The summed E-state index contributed by atoms with van der Waals surface area (Å²) in [6.07, 6.45) is -6.14. The summed E-state index contributed by atoms with van der Waals surface area (Å²) in [6, 6.07) is 0. The predicted octanol–water partition coefficient (Wildman–Crippen LogP) is 1.56. The summed E-state index contributed by atoms with van der Waals surface area (Å²) in [6.45, 7) is 3.39. The zero-order valence-corrected chi connectivity index (χ0v) is 7.89. The van der Waals surface area contributed by atoms with Crippen LogP contribution in [0, 0.1) is 11.3 Å². The zero-order valence-electron chi connectivity index (χ0n) is 7.89. The van der Waals surface area contributed by atoms with Crippen LogP contribution in [0.4, 0.5) is 13.2 Å². The van der Waals surface area contributed by atoms with Crippen molar-refractivity contribution >= 4 is 0 Å². The number of alkyl halides is 3. The quantitative estimate of drug-likeness (QED) is 0.710. The summed E-state index contributed by atoms with van der Waals surface area (Å²) in [5.74, 6) is -2.06. The maximum atomic E-state index is 12.2. The van der Waals surface area contributed by atoms with Gasteiger partial charge in [-0.1, -0.05) is 20.8 Å². The van der Waals surface area contributed by atoms with E-state index < -0.39 is 30.2 Å². The normalized spacial score (nSPS) is 18.5. The number of aliphatic hydroxyl groups excluding tert-OH is 2. The molecule has 0 spiro atoms. The molecule has 0 rings (SSSR count). The Morgan fingerprint density at radius 3 is 1.62 bits per heavy atom. The van der Waals surface area contributed by atoms with Crippen LogP contribution in [0.25, 0.3) is 0 Å². The van der Waals surface area contributed by atoms with Crippen molar-refractivity contribution in [1.82, 2.24) is 0 Å². The lowest BCUT2D eigenvalue weighted by Crippen LogP contribution is -2.43. The number of rotatable bonds is 2. The molecule has 5 heteroatoms. The number of hydrogen-bond donors (Lipinski definition) is 2. The molecule has 2 nitrogen and oxygen atoms in total. The minimum absolute atomic E-state index is 0.886. The third kappa shape index (κ3) is 3.52. The van der Waals surface area contributed by atoms with E-state index in [1.807, 2.05) is 0 Å². The van der Waals surface area contributed by atoms with Crippen LogP contribution in [0.5, 0.6) is 0 Å². The van der Waals surface area contributed by atoms with Crippen LogP contribution in [0.1, 0.15) is 20.8 Å². The lowest BCUT2D eigenvalue weighted by atomic mass is 9.81. The molecule has 0 fully saturated rings. The van der Waals surface area contributed by atoms with Crippen LogP contribution >= 0.6 is 0 Å². The molecular formula is C8H15F3O2.